The van der Waals surface area contributed by atoms with Gasteiger partial charge < -0.3 is 10.1 Å². The zero-order valence-corrected chi connectivity index (χ0v) is 10.4. The number of carbonyl (C=O) groups is 1. The van der Waals surface area contributed by atoms with Crippen LogP contribution < -0.4 is 5.32 Å². The first kappa shape index (κ1) is 12.0. The highest BCUT2D eigenvalue weighted by Gasteiger charge is 2.27. The first-order chi connectivity index (χ1) is 8.20. The Bertz CT molecular complexity index is 382. The third-order valence-corrected chi connectivity index (χ3v) is 3.12. The molecular formula is C14H19NO2. The van der Waals surface area contributed by atoms with Crippen molar-refractivity contribution in [1.29, 1.82) is 0 Å². The summed E-state index contributed by atoms with van der Waals surface area (Å²) >= 11 is 0. The van der Waals surface area contributed by atoms with E-state index < -0.39 is 0 Å². The summed E-state index contributed by atoms with van der Waals surface area (Å²) < 4.78 is 4.94. The Morgan fingerprint density at radius 1 is 1.41 bits per heavy atom. The lowest BCUT2D eigenvalue weighted by atomic mass is 10.1. The van der Waals surface area contributed by atoms with Crippen molar-refractivity contribution in [3.8, 4) is 0 Å². The molecule has 2 rings (SSSR count). The molecule has 1 unspecified atom stereocenters. The van der Waals surface area contributed by atoms with E-state index in [-0.39, 0.29) is 5.97 Å². The number of benzene rings is 1. The summed E-state index contributed by atoms with van der Waals surface area (Å²) in [5, 5.41) is 3.45. The Morgan fingerprint density at radius 3 is 2.59 bits per heavy atom. The molecule has 0 amide bonds. The van der Waals surface area contributed by atoms with Crippen LogP contribution in [0.25, 0.3) is 0 Å². The molecule has 0 aromatic heterocycles. The quantitative estimate of drug-likeness (QED) is 0.794. The number of nitrogens with one attached hydrogen (secondary N) is 1. The fourth-order valence-corrected chi connectivity index (χ4v) is 1.89. The van der Waals surface area contributed by atoms with Crippen LogP contribution in [-0.2, 0) is 4.74 Å². The molecule has 1 N–H and O–H groups in total. The predicted octanol–water partition coefficient (Wildman–Crippen LogP) is 3.07. The van der Waals surface area contributed by atoms with Gasteiger partial charge in [-0.15, -0.1) is 0 Å². The Morgan fingerprint density at radius 2 is 2.06 bits per heavy atom. The fourth-order valence-electron chi connectivity index (χ4n) is 1.89. The molecule has 1 saturated carbocycles. The van der Waals surface area contributed by atoms with Crippen LogP contribution in [0.3, 0.4) is 0 Å². The maximum Gasteiger partial charge on any atom is 0.338 e. The van der Waals surface area contributed by atoms with Gasteiger partial charge in [-0.2, -0.15) is 0 Å². The van der Waals surface area contributed by atoms with Crippen molar-refractivity contribution in [1.82, 2.24) is 0 Å². The maximum absolute atomic E-state index is 11.5. The van der Waals surface area contributed by atoms with E-state index in [4.69, 9.17) is 4.74 Å². The maximum atomic E-state index is 11.5. The molecule has 0 heterocycles. The highest BCUT2D eigenvalue weighted by molar-refractivity contribution is 5.89. The molecule has 0 saturated heterocycles. The topological polar surface area (TPSA) is 38.3 Å². The Hall–Kier alpha value is -1.51. The minimum absolute atomic E-state index is 0.255. The van der Waals surface area contributed by atoms with Gasteiger partial charge in [0.1, 0.15) is 0 Å². The third-order valence-electron chi connectivity index (χ3n) is 3.12. The van der Waals surface area contributed by atoms with E-state index in [2.05, 4.69) is 12.2 Å². The van der Waals surface area contributed by atoms with Gasteiger partial charge in [-0.3, -0.25) is 0 Å². The zero-order valence-electron chi connectivity index (χ0n) is 10.4. The van der Waals surface area contributed by atoms with E-state index in [0.717, 1.165) is 11.6 Å². The summed E-state index contributed by atoms with van der Waals surface area (Å²) in [6.45, 7) is 4.43. The van der Waals surface area contributed by atoms with E-state index >= 15 is 0 Å². The molecule has 3 nitrogen and oxygen atoms in total. The molecule has 3 heteroatoms. The number of ether oxygens (including phenoxy) is 1. The first-order valence-electron chi connectivity index (χ1n) is 6.24. The molecule has 1 aromatic carbocycles. The highest BCUT2D eigenvalue weighted by Crippen LogP contribution is 2.33. The SMILES string of the molecule is CCOC(=O)c1ccc(NC(C)C2CC2)cc1. The van der Waals surface area contributed by atoms with Crippen molar-refractivity contribution >= 4 is 11.7 Å². The van der Waals surface area contributed by atoms with E-state index in [0.29, 0.717) is 18.2 Å². The number of hydrogen-bond donors (Lipinski definition) is 1. The van der Waals surface area contributed by atoms with Gasteiger partial charge in [0.25, 0.3) is 0 Å². The lowest BCUT2D eigenvalue weighted by Crippen LogP contribution is -2.17. The van der Waals surface area contributed by atoms with Crippen molar-refractivity contribution in [2.45, 2.75) is 32.7 Å². The van der Waals surface area contributed by atoms with Crippen LogP contribution in [0.4, 0.5) is 5.69 Å². The largest absolute Gasteiger partial charge is 0.462 e. The molecule has 1 aliphatic carbocycles. The standard InChI is InChI=1S/C14H19NO2/c1-3-17-14(16)12-6-8-13(9-7-12)15-10(2)11-4-5-11/h6-11,15H,3-5H2,1-2H3. The summed E-state index contributed by atoms with van der Waals surface area (Å²) in [6.07, 6.45) is 2.66. The van der Waals surface area contributed by atoms with Gasteiger partial charge in [0.2, 0.25) is 0 Å². The monoisotopic (exact) mass is 233 g/mol. The molecule has 92 valence electrons. The molecule has 0 radical (unpaired) electrons. The van der Waals surface area contributed by atoms with Gasteiger partial charge >= 0.3 is 5.97 Å². The van der Waals surface area contributed by atoms with Crippen molar-refractivity contribution in [3.05, 3.63) is 29.8 Å². The number of rotatable bonds is 5. The summed E-state index contributed by atoms with van der Waals surface area (Å²) in [5.74, 6) is 0.564. The van der Waals surface area contributed by atoms with Crippen LogP contribution in [0.5, 0.6) is 0 Å². The summed E-state index contributed by atoms with van der Waals surface area (Å²) in [6, 6.07) is 8.00. The number of anilines is 1. The van der Waals surface area contributed by atoms with E-state index in [1.807, 2.05) is 19.1 Å². The Labute approximate surface area is 102 Å². The van der Waals surface area contributed by atoms with Crippen LogP contribution in [0, 0.1) is 5.92 Å². The van der Waals surface area contributed by atoms with Crippen molar-refractivity contribution in [2.24, 2.45) is 5.92 Å². The average Bonchev–Trinajstić information content (AvgIpc) is 3.14. The molecule has 0 spiro atoms. The summed E-state index contributed by atoms with van der Waals surface area (Å²) in [5.41, 5.74) is 1.67. The van der Waals surface area contributed by atoms with Gasteiger partial charge in [0.15, 0.2) is 0 Å². The molecular weight excluding hydrogens is 214 g/mol. The van der Waals surface area contributed by atoms with E-state index in [9.17, 15) is 4.79 Å². The smallest absolute Gasteiger partial charge is 0.338 e. The van der Waals surface area contributed by atoms with Crippen LogP contribution in [0.1, 0.15) is 37.0 Å². The van der Waals surface area contributed by atoms with Gasteiger partial charge in [0.05, 0.1) is 12.2 Å². The van der Waals surface area contributed by atoms with Crippen LogP contribution in [0.15, 0.2) is 24.3 Å². The van der Waals surface area contributed by atoms with Crippen molar-refractivity contribution < 1.29 is 9.53 Å². The van der Waals surface area contributed by atoms with Gasteiger partial charge in [-0.25, -0.2) is 4.79 Å². The minimum Gasteiger partial charge on any atom is -0.462 e. The Balaban J connectivity index is 1.94. The molecule has 1 fully saturated rings. The fraction of sp³-hybridized carbons (Fsp3) is 0.500. The number of esters is 1. The molecule has 1 atom stereocenters. The zero-order chi connectivity index (χ0) is 12.3. The highest BCUT2D eigenvalue weighted by atomic mass is 16.5. The van der Waals surface area contributed by atoms with Crippen molar-refractivity contribution in [2.75, 3.05) is 11.9 Å². The van der Waals surface area contributed by atoms with Crippen molar-refractivity contribution in [3.63, 3.8) is 0 Å². The molecule has 0 aliphatic heterocycles. The molecule has 17 heavy (non-hydrogen) atoms. The predicted molar refractivity (Wildman–Crippen MR) is 68.2 cm³/mol. The summed E-state index contributed by atoms with van der Waals surface area (Å²) in [4.78, 5) is 11.5. The van der Waals surface area contributed by atoms with Gasteiger partial charge in [0, 0.05) is 11.7 Å². The second-order valence-corrected chi connectivity index (χ2v) is 4.57. The van der Waals surface area contributed by atoms with Gasteiger partial charge in [-0.1, -0.05) is 0 Å². The van der Waals surface area contributed by atoms with Crippen LogP contribution in [-0.4, -0.2) is 18.6 Å². The second kappa shape index (κ2) is 5.21. The third kappa shape index (κ3) is 3.22. The number of hydrogen-bond acceptors (Lipinski definition) is 3. The second-order valence-electron chi connectivity index (χ2n) is 4.57. The Kier molecular flexibility index (Phi) is 3.67. The number of carbonyl (C=O) groups excluding carboxylic acids is 1. The molecule has 1 aliphatic rings. The van der Waals surface area contributed by atoms with E-state index in [1.165, 1.54) is 12.8 Å². The lowest BCUT2D eigenvalue weighted by molar-refractivity contribution is 0.0526. The minimum atomic E-state index is -0.255. The van der Waals surface area contributed by atoms with E-state index in [1.54, 1.807) is 12.1 Å². The van der Waals surface area contributed by atoms with Gasteiger partial charge in [-0.05, 0) is 56.9 Å². The molecule has 0 bridgehead atoms. The summed E-state index contributed by atoms with van der Waals surface area (Å²) in [7, 11) is 0. The normalized spacial score (nSPS) is 16.4. The average molecular weight is 233 g/mol. The molecule has 1 aromatic rings. The lowest BCUT2D eigenvalue weighted by Gasteiger charge is -2.14. The van der Waals surface area contributed by atoms with Crippen LogP contribution >= 0.6 is 0 Å². The first-order valence-corrected chi connectivity index (χ1v) is 6.24. The van der Waals surface area contributed by atoms with Crippen LogP contribution in [0.2, 0.25) is 0 Å².